The lowest BCUT2D eigenvalue weighted by molar-refractivity contribution is 0.511. The number of benzene rings is 2. The summed E-state index contributed by atoms with van der Waals surface area (Å²) in [5.41, 5.74) is 9.51. The Morgan fingerprint density at radius 3 is 2.71 bits per heavy atom. The van der Waals surface area contributed by atoms with Gasteiger partial charge in [-0.2, -0.15) is 0 Å². The molecule has 3 heteroatoms. The molecular weight excluding hydrogens is 268 g/mol. The minimum absolute atomic E-state index is 0.272. The Bertz CT molecular complexity index is 697. The van der Waals surface area contributed by atoms with Crippen LogP contribution in [0.3, 0.4) is 0 Å². The molecule has 4 rings (SSSR count). The van der Waals surface area contributed by atoms with Crippen molar-refractivity contribution in [2.75, 3.05) is 0 Å². The number of halogens is 2. The topological polar surface area (TPSA) is 26.0 Å². The molecule has 0 amide bonds. The number of rotatable bonds is 2. The largest absolute Gasteiger partial charge is 0.324 e. The Morgan fingerprint density at radius 1 is 1.10 bits per heavy atom. The van der Waals surface area contributed by atoms with E-state index in [0.29, 0.717) is 17.4 Å². The van der Waals surface area contributed by atoms with Gasteiger partial charge in [0.1, 0.15) is 11.6 Å². The molecule has 2 aromatic rings. The molecule has 0 bridgehead atoms. The second-order valence-electron chi connectivity index (χ2n) is 6.20. The molecule has 108 valence electrons. The molecule has 1 saturated carbocycles. The van der Waals surface area contributed by atoms with Crippen molar-refractivity contribution in [3.05, 3.63) is 70.8 Å². The molecule has 2 N–H and O–H groups in total. The van der Waals surface area contributed by atoms with Gasteiger partial charge in [0.2, 0.25) is 0 Å². The molecule has 0 saturated heterocycles. The molecule has 1 nitrogen and oxygen atoms in total. The van der Waals surface area contributed by atoms with Crippen molar-refractivity contribution >= 4 is 0 Å². The number of fused-ring (bicyclic) bond motifs is 3. The Labute approximate surface area is 122 Å². The molecule has 2 aromatic carbocycles. The van der Waals surface area contributed by atoms with Gasteiger partial charge in [0.25, 0.3) is 0 Å². The second kappa shape index (κ2) is 4.63. The molecule has 0 aliphatic heterocycles. The number of aryl methyl sites for hydroxylation is 1. The fourth-order valence-corrected chi connectivity index (χ4v) is 4.09. The molecule has 2 aliphatic carbocycles. The summed E-state index contributed by atoms with van der Waals surface area (Å²) in [5.74, 6) is 0.170. The van der Waals surface area contributed by atoms with Crippen molar-refractivity contribution in [3.63, 3.8) is 0 Å². The number of nitrogens with two attached hydrogens (primary N) is 1. The summed E-state index contributed by atoms with van der Waals surface area (Å²) in [6, 6.07) is 11.8. The van der Waals surface area contributed by atoms with Crippen LogP contribution >= 0.6 is 0 Å². The zero-order valence-electron chi connectivity index (χ0n) is 11.6. The predicted octanol–water partition coefficient (Wildman–Crippen LogP) is 3.94. The fourth-order valence-electron chi connectivity index (χ4n) is 4.09. The van der Waals surface area contributed by atoms with Crippen LogP contribution in [0.4, 0.5) is 8.78 Å². The first-order valence-corrected chi connectivity index (χ1v) is 7.45. The van der Waals surface area contributed by atoms with Gasteiger partial charge in [-0.15, -0.1) is 0 Å². The van der Waals surface area contributed by atoms with Crippen molar-refractivity contribution in [2.45, 2.75) is 24.8 Å². The monoisotopic (exact) mass is 285 g/mol. The third-order valence-corrected chi connectivity index (χ3v) is 5.13. The molecule has 0 aromatic heterocycles. The van der Waals surface area contributed by atoms with Gasteiger partial charge in [-0.25, -0.2) is 8.78 Å². The maximum absolute atomic E-state index is 13.9. The zero-order chi connectivity index (χ0) is 14.6. The molecule has 4 unspecified atom stereocenters. The van der Waals surface area contributed by atoms with Crippen LogP contribution in [0.15, 0.2) is 42.5 Å². The Balaban J connectivity index is 1.65. The molecular formula is C18H17F2N. The van der Waals surface area contributed by atoms with Gasteiger partial charge in [-0.1, -0.05) is 30.3 Å². The van der Waals surface area contributed by atoms with E-state index >= 15 is 0 Å². The smallest absolute Gasteiger partial charge is 0.130 e. The van der Waals surface area contributed by atoms with E-state index in [0.717, 1.165) is 18.9 Å². The zero-order valence-corrected chi connectivity index (χ0v) is 11.6. The first-order chi connectivity index (χ1) is 10.2. The third-order valence-electron chi connectivity index (χ3n) is 5.13. The van der Waals surface area contributed by atoms with Crippen LogP contribution in [0.25, 0.3) is 0 Å². The van der Waals surface area contributed by atoms with Gasteiger partial charge in [0, 0.05) is 17.7 Å². The van der Waals surface area contributed by atoms with Gasteiger partial charge in [0.05, 0.1) is 0 Å². The van der Waals surface area contributed by atoms with E-state index in [1.807, 2.05) is 0 Å². The van der Waals surface area contributed by atoms with Crippen molar-refractivity contribution in [2.24, 2.45) is 17.6 Å². The first kappa shape index (κ1) is 13.0. The van der Waals surface area contributed by atoms with Gasteiger partial charge in [-0.05, 0) is 47.8 Å². The van der Waals surface area contributed by atoms with Crippen molar-refractivity contribution < 1.29 is 8.78 Å². The normalized spacial score (nSPS) is 27.7. The van der Waals surface area contributed by atoms with E-state index < -0.39 is 11.6 Å². The number of hydrogen-bond donors (Lipinski definition) is 1. The molecule has 0 radical (unpaired) electrons. The molecule has 0 spiro atoms. The van der Waals surface area contributed by atoms with Crippen LogP contribution in [0.1, 0.15) is 35.1 Å². The third kappa shape index (κ3) is 1.99. The minimum atomic E-state index is -0.554. The van der Waals surface area contributed by atoms with Gasteiger partial charge >= 0.3 is 0 Å². The molecule has 1 fully saturated rings. The van der Waals surface area contributed by atoms with E-state index in [-0.39, 0.29) is 12.0 Å². The molecule has 4 atom stereocenters. The average molecular weight is 285 g/mol. The van der Waals surface area contributed by atoms with Gasteiger partial charge < -0.3 is 5.73 Å². The molecule has 0 heterocycles. The second-order valence-corrected chi connectivity index (χ2v) is 6.20. The summed E-state index contributed by atoms with van der Waals surface area (Å²) >= 11 is 0. The highest BCUT2D eigenvalue weighted by atomic mass is 19.1. The maximum atomic E-state index is 13.9. The predicted molar refractivity (Wildman–Crippen MR) is 77.8 cm³/mol. The summed E-state index contributed by atoms with van der Waals surface area (Å²) < 4.78 is 27.0. The van der Waals surface area contributed by atoms with E-state index in [2.05, 4.69) is 24.3 Å². The summed E-state index contributed by atoms with van der Waals surface area (Å²) in [4.78, 5) is 0. The lowest BCUT2D eigenvalue weighted by Crippen LogP contribution is -2.16. The SMILES string of the molecule is NC(c1ccc(F)cc1F)C1C2CCc3ccccc3C21. The van der Waals surface area contributed by atoms with E-state index in [9.17, 15) is 8.78 Å². The Kier molecular flexibility index (Phi) is 2.86. The van der Waals surface area contributed by atoms with Crippen molar-refractivity contribution in [1.29, 1.82) is 0 Å². The van der Waals surface area contributed by atoms with Crippen LogP contribution in [-0.2, 0) is 6.42 Å². The minimum Gasteiger partial charge on any atom is -0.324 e. The summed E-state index contributed by atoms with van der Waals surface area (Å²) in [5, 5.41) is 0. The summed E-state index contributed by atoms with van der Waals surface area (Å²) in [7, 11) is 0. The van der Waals surface area contributed by atoms with E-state index in [1.54, 1.807) is 0 Å². The Morgan fingerprint density at radius 2 is 1.90 bits per heavy atom. The van der Waals surface area contributed by atoms with Crippen LogP contribution in [0.2, 0.25) is 0 Å². The lowest BCUT2D eigenvalue weighted by atomic mass is 9.92. The van der Waals surface area contributed by atoms with E-state index in [1.165, 1.54) is 23.3 Å². The maximum Gasteiger partial charge on any atom is 0.130 e. The summed E-state index contributed by atoms with van der Waals surface area (Å²) in [6.45, 7) is 0. The average Bonchev–Trinajstić information content (AvgIpc) is 3.21. The first-order valence-electron chi connectivity index (χ1n) is 7.45. The highest BCUT2D eigenvalue weighted by Crippen LogP contribution is 2.63. The number of hydrogen-bond acceptors (Lipinski definition) is 1. The van der Waals surface area contributed by atoms with Crippen LogP contribution in [0, 0.1) is 23.5 Å². The van der Waals surface area contributed by atoms with Crippen LogP contribution in [-0.4, -0.2) is 0 Å². The van der Waals surface area contributed by atoms with Crippen LogP contribution in [0.5, 0.6) is 0 Å². The highest BCUT2D eigenvalue weighted by Gasteiger charge is 2.56. The quantitative estimate of drug-likeness (QED) is 0.888. The Hall–Kier alpha value is -1.74. The van der Waals surface area contributed by atoms with E-state index in [4.69, 9.17) is 5.73 Å². The van der Waals surface area contributed by atoms with Crippen LogP contribution < -0.4 is 5.73 Å². The summed E-state index contributed by atoms with van der Waals surface area (Å²) in [6.07, 6.45) is 2.19. The molecule has 21 heavy (non-hydrogen) atoms. The lowest BCUT2D eigenvalue weighted by Gasteiger charge is -2.14. The molecule has 2 aliphatic rings. The van der Waals surface area contributed by atoms with Gasteiger partial charge in [0.15, 0.2) is 0 Å². The van der Waals surface area contributed by atoms with Gasteiger partial charge in [-0.3, -0.25) is 0 Å². The van der Waals surface area contributed by atoms with Crippen molar-refractivity contribution in [3.8, 4) is 0 Å². The standard InChI is InChI=1S/C18H17F2N/c19-11-6-8-13(15(20)9-11)18(21)17-14-7-5-10-3-1-2-4-12(10)16(14)17/h1-4,6,8-9,14,16-18H,5,7,21H2. The van der Waals surface area contributed by atoms with Crippen molar-refractivity contribution in [1.82, 2.24) is 0 Å². The highest BCUT2D eigenvalue weighted by molar-refractivity contribution is 5.41. The fraction of sp³-hybridized carbons (Fsp3) is 0.333.